The lowest BCUT2D eigenvalue weighted by molar-refractivity contribution is 0.219. The Morgan fingerprint density at radius 1 is 0.200 bits per heavy atom. The first-order valence-electron chi connectivity index (χ1n) is 36.1. The van der Waals surface area contributed by atoms with Crippen molar-refractivity contribution in [1.29, 1.82) is 0 Å². The molecule has 0 amide bonds. The van der Waals surface area contributed by atoms with E-state index in [0.29, 0.717) is 0 Å². The third kappa shape index (κ3) is 2.92. The van der Waals surface area contributed by atoms with Gasteiger partial charge in [-0.1, -0.05) is 95.6 Å². The largest absolute Gasteiger partial charge is 0.116 e. The number of hydrogen-bond donors (Lipinski definition) is 0. The molecule has 43 rings (SSSR count). The van der Waals surface area contributed by atoms with Crippen LogP contribution in [0.3, 0.4) is 0 Å². The summed E-state index contributed by atoms with van der Waals surface area (Å²) < 4.78 is 9.12. The van der Waals surface area contributed by atoms with Crippen molar-refractivity contribution in [2.45, 2.75) is 22.7 Å². The van der Waals surface area contributed by atoms with Gasteiger partial charge in [-0.2, -0.15) is 0 Å². The molecule has 0 unspecified atom stereocenters. The Morgan fingerprint density at radius 2 is 0.390 bits per heavy atom. The van der Waals surface area contributed by atoms with Gasteiger partial charge in [-0.15, -0.1) is 47.0 Å². The van der Waals surface area contributed by atoms with Crippen LogP contribution >= 0.6 is 94.1 Å². The molecule has 4 heterocycles. The molecular formula is C92H20S8. The summed E-state index contributed by atoms with van der Waals surface area (Å²) in [4.78, 5) is 0. The Labute approximate surface area is 587 Å². The van der Waals surface area contributed by atoms with Crippen molar-refractivity contribution in [3.05, 3.63) is 133 Å². The lowest BCUT2D eigenvalue weighted by Gasteiger charge is -2.67. The maximum atomic E-state index is 2.98. The van der Waals surface area contributed by atoms with Crippen LogP contribution in [-0.2, 0) is 10.8 Å². The number of thioether (sulfide) groups is 8. The molecule has 8 heteroatoms. The SMILES string of the molecule is c1ccc2c(c1)[C@@H]1c3cc4c(=C5SC6=C(SCCS6)S5)c5ccccc5c(=C5SC6=C(SCCS6)S5)c4cc3[C@H]2C23c4c5c6c7c8c9c(c%10c%11c2c2c4c4c%12c5c5c6c6c8c8c%13c9c9c%10c%10c%11c%11c2c2c4c4c%12c%12c5c5c6c8c6c8c%13c9c9c%10c%10c%11c2c2c4c4c%12c5c6c5c8c9c%10c2c45)C713. The van der Waals surface area contributed by atoms with Crippen molar-refractivity contribution in [1.82, 2.24) is 0 Å². The van der Waals surface area contributed by atoms with Crippen LogP contribution in [0.2, 0.25) is 0 Å². The molecule has 32 aromatic rings. The summed E-state index contributed by atoms with van der Waals surface area (Å²) in [7, 11) is 0. The smallest absolute Gasteiger partial charge is 0.0660 e. The summed E-state index contributed by atoms with van der Waals surface area (Å²) in [6, 6.07) is 26.2. The first-order valence-corrected chi connectivity index (χ1v) is 43.4. The zero-order valence-corrected chi connectivity index (χ0v) is 57.6. The first-order chi connectivity index (χ1) is 49.8. The van der Waals surface area contributed by atoms with E-state index >= 15 is 0 Å². The average Bonchev–Trinajstić information content (AvgIpc) is 1.33. The molecule has 32 aromatic carbocycles. The summed E-state index contributed by atoms with van der Waals surface area (Å²) in [5.74, 6) is 4.83. The van der Waals surface area contributed by atoms with Crippen LogP contribution in [-0.4, -0.2) is 23.0 Å². The minimum atomic E-state index is -0.459. The standard InChI is InChI=1S/C92H20S8/c1-2-6-16-15(5-1)23(85-97-87-88(98-85)94-10-9-93-87)19-13-21-22(14-20(19)24(16)86-99-89-90(100-86)96-12-11-95-89)80-18-8-4-3-7-17(18)79(21)91-81-71-63-53-43-35-27-25-26-29-33-31(27)39-47-41(33)51-45-37(29)38-30(26)34-32-28(25)36(35)44-50-40(32)48-42(34)52-46(38)56-55(45)65-59(51)69-61(47)67(57(63)49(39)43)75(81)77(69)83-73(65)74-66(56)60(52)70-62(48)68-58(50)64(54(44)53)72(71)82(91)76(68)78(70)84(74)92(80,83)91/h1-8,13-14,79-80H,9-12H2/t79-,80+,91?,92?. The van der Waals surface area contributed by atoms with Crippen molar-refractivity contribution in [2.75, 3.05) is 23.0 Å². The van der Waals surface area contributed by atoms with Gasteiger partial charge in [0.2, 0.25) is 0 Å². The molecule has 0 aromatic heterocycles. The zero-order chi connectivity index (χ0) is 60.4. The second-order valence-corrected chi connectivity index (χ2v) is 43.8. The van der Waals surface area contributed by atoms with E-state index in [9.17, 15) is 0 Å². The van der Waals surface area contributed by atoms with Crippen LogP contribution in [0.5, 0.6) is 0 Å². The quantitative estimate of drug-likeness (QED) is 0.107. The van der Waals surface area contributed by atoms with Gasteiger partial charge in [-0.3, -0.25) is 0 Å². The van der Waals surface area contributed by atoms with Crippen LogP contribution in [0.25, 0.3) is 321 Å². The highest BCUT2D eigenvalue weighted by atomic mass is 32.3. The van der Waals surface area contributed by atoms with Gasteiger partial charge in [0.05, 0.1) is 25.4 Å². The van der Waals surface area contributed by atoms with Crippen LogP contribution < -0.4 is 10.4 Å². The molecule has 0 radical (unpaired) electrons. The summed E-state index contributed by atoms with van der Waals surface area (Å²) in [6.45, 7) is 0. The van der Waals surface area contributed by atoms with Gasteiger partial charge < -0.3 is 0 Å². The highest BCUT2D eigenvalue weighted by Crippen LogP contribution is 2.90. The Kier molecular flexibility index (Phi) is 4.97. The Hall–Kier alpha value is -8.12. The van der Waals surface area contributed by atoms with E-state index in [1.165, 1.54) is 80.4 Å². The number of rotatable bonds is 0. The predicted molar refractivity (Wildman–Crippen MR) is 446 cm³/mol. The van der Waals surface area contributed by atoms with Crippen molar-refractivity contribution in [2.24, 2.45) is 0 Å². The molecule has 0 saturated heterocycles. The van der Waals surface area contributed by atoms with Gasteiger partial charge in [0, 0.05) is 56.1 Å². The summed E-state index contributed by atoms with van der Waals surface area (Å²) in [5.41, 5.74) is 12.8. The van der Waals surface area contributed by atoms with Gasteiger partial charge in [0.15, 0.2) is 0 Å². The third-order valence-electron chi connectivity index (χ3n) is 32.4. The molecule has 0 saturated carbocycles. The number of hydrogen-bond acceptors (Lipinski definition) is 8. The molecule has 436 valence electrons. The molecule has 11 aliphatic rings. The van der Waals surface area contributed by atoms with Crippen LogP contribution in [0.15, 0.2) is 77.6 Å². The molecule has 4 aliphatic heterocycles. The minimum Gasteiger partial charge on any atom is -0.116 e. The third-order valence-corrected chi connectivity index (χ3v) is 43.9. The predicted octanol–water partition coefficient (Wildman–Crippen LogP) is 26.2. The fraction of sp³-hybridized carbons (Fsp3) is 0.0870. The molecule has 7 aliphatic carbocycles. The van der Waals surface area contributed by atoms with Gasteiger partial charge in [0.1, 0.15) is 0 Å². The van der Waals surface area contributed by atoms with E-state index in [0.717, 1.165) is 0 Å². The van der Waals surface area contributed by atoms with Gasteiger partial charge in [-0.05, 0) is 369 Å². The topological polar surface area (TPSA) is 0 Å². The van der Waals surface area contributed by atoms with Gasteiger partial charge >= 0.3 is 0 Å². The molecule has 2 atom stereocenters. The van der Waals surface area contributed by atoms with Crippen molar-refractivity contribution in [3.8, 4) is 0 Å². The number of benzene rings is 22. The molecule has 0 nitrogen and oxygen atoms in total. The fourth-order valence-electron chi connectivity index (χ4n) is 31.5. The van der Waals surface area contributed by atoms with E-state index in [2.05, 4.69) is 155 Å². The maximum Gasteiger partial charge on any atom is 0.0660 e. The van der Waals surface area contributed by atoms with Crippen LogP contribution in [0.1, 0.15) is 56.3 Å². The normalized spacial score (nSPS) is 24.1. The summed E-state index contributed by atoms with van der Waals surface area (Å²) in [6.07, 6.45) is 0. The van der Waals surface area contributed by atoms with Crippen LogP contribution in [0.4, 0.5) is 0 Å². The summed E-state index contributed by atoms with van der Waals surface area (Å²) in [5, 5.41) is 99.3. The van der Waals surface area contributed by atoms with Crippen molar-refractivity contribution < 1.29 is 0 Å². The fourth-order valence-corrected chi connectivity index (χ4v) is 43.7. The zero-order valence-electron chi connectivity index (χ0n) is 51.0. The molecule has 0 fully saturated rings. The van der Waals surface area contributed by atoms with Gasteiger partial charge in [-0.25, -0.2) is 0 Å². The molecular weight excluding hydrogens is 1360 g/mol. The maximum absolute atomic E-state index is 2.98. The highest BCUT2D eigenvalue weighted by molar-refractivity contribution is 8.47. The van der Waals surface area contributed by atoms with E-state index in [1.807, 2.05) is 0 Å². The second-order valence-electron chi connectivity index (χ2n) is 33.7. The highest BCUT2D eigenvalue weighted by Gasteiger charge is 2.78. The van der Waals surface area contributed by atoms with Crippen molar-refractivity contribution >= 4 is 415 Å². The van der Waals surface area contributed by atoms with Crippen molar-refractivity contribution in [3.63, 3.8) is 0 Å². The lowest BCUT2D eigenvalue weighted by Crippen LogP contribution is -2.64. The van der Waals surface area contributed by atoms with E-state index in [4.69, 9.17) is 0 Å². The monoisotopic (exact) mass is 1380 g/mol. The Bertz CT molecular complexity index is 9090. The molecule has 0 N–H and O–H groups in total. The van der Waals surface area contributed by atoms with Crippen LogP contribution in [0, 0.1) is 0 Å². The van der Waals surface area contributed by atoms with E-state index in [-0.39, 0.29) is 11.8 Å². The molecule has 2 bridgehead atoms. The van der Waals surface area contributed by atoms with Gasteiger partial charge in [0.25, 0.3) is 0 Å². The minimum absolute atomic E-state index is 0.0441. The first kappa shape index (κ1) is 43.6. The molecule has 100 heavy (non-hydrogen) atoms. The Balaban J connectivity index is 0.849. The second kappa shape index (κ2) is 11.4. The number of fused-ring (bicyclic) bond motifs is 2. The van der Waals surface area contributed by atoms with E-state index in [1.54, 1.807) is 335 Å². The van der Waals surface area contributed by atoms with E-state index < -0.39 is 10.8 Å². The lowest BCUT2D eigenvalue weighted by atomic mass is 9.33. The Morgan fingerprint density at radius 3 is 0.600 bits per heavy atom. The average molecular weight is 1380 g/mol. The molecule has 2 spiro atoms. The summed E-state index contributed by atoms with van der Waals surface area (Å²) >= 11 is 16.9.